The van der Waals surface area contributed by atoms with Gasteiger partial charge in [0.2, 0.25) is 0 Å². The molecule has 7 nitrogen and oxygen atoms in total. The SMILES string of the molecule is CCOC(=O)[C@H]1CCCN(CC(=O)N2N=C(c3ccccc3OC)C[C@H]2c2ccccc2Cl)C1. The van der Waals surface area contributed by atoms with Crippen LogP contribution < -0.4 is 4.74 Å². The minimum absolute atomic E-state index is 0.126. The zero-order chi connectivity index (χ0) is 24.1. The number of esters is 1. The Morgan fingerprint density at radius 2 is 1.91 bits per heavy atom. The number of piperidine rings is 1. The number of benzene rings is 2. The van der Waals surface area contributed by atoms with Crippen LogP contribution in [0.1, 0.15) is 43.4 Å². The quantitative estimate of drug-likeness (QED) is 0.549. The molecule has 2 aromatic carbocycles. The highest BCUT2D eigenvalue weighted by molar-refractivity contribution is 6.31. The summed E-state index contributed by atoms with van der Waals surface area (Å²) in [6.07, 6.45) is 2.16. The molecular weight excluding hydrogens is 454 g/mol. The highest BCUT2D eigenvalue weighted by Gasteiger charge is 2.36. The molecule has 180 valence electrons. The topological polar surface area (TPSA) is 71.4 Å². The van der Waals surface area contributed by atoms with Crippen molar-refractivity contribution < 1.29 is 19.1 Å². The van der Waals surface area contributed by atoms with E-state index in [9.17, 15) is 9.59 Å². The van der Waals surface area contributed by atoms with E-state index in [0.717, 1.165) is 36.2 Å². The summed E-state index contributed by atoms with van der Waals surface area (Å²) < 4.78 is 10.7. The van der Waals surface area contributed by atoms with Gasteiger partial charge in [0.15, 0.2) is 0 Å². The molecule has 34 heavy (non-hydrogen) atoms. The fourth-order valence-electron chi connectivity index (χ4n) is 4.69. The largest absolute Gasteiger partial charge is 0.496 e. The number of para-hydroxylation sites is 1. The second kappa shape index (κ2) is 11.0. The number of ether oxygens (including phenoxy) is 2. The van der Waals surface area contributed by atoms with Gasteiger partial charge >= 0.3 is 5.97 Å². The lowest BCUT2D eigenvalue weighted by Gasteiger charge is -2.32. The summed E-state index contributed by atoms with van der Waals surface area (Å²) in [6, 6.07) is 14.9. The van der Waals surface area contributed by atoms with E-state index in [2.05, 4.69) is 0 Å². The molecule has 4 rings (SSSR count). The smallest absolute Gasteiger partial charge is 0.310 e. The monoisotopic (exact) mass is 483 g/mol. The fraction of sp³-hybridized carbons (Fsp3) is 0.423. The Morgan fingerprint density at radius 1 is 1.15 bits per heavy atom. The van der Waals surface area contributed by atoms with Crippen molar-refractivity contribution in [3.8, 4) is 5.75 Å². The van der Waals surface area contributed by atoms with E-state index in [1.807, 2.05) is 60.4 Å². The Labute approximate surface area is 205 Å². The van der Waals surface area contributed by atoms with Gasteiger partial charge in [0, 0.05) is 23.6 Å². The molecule has 0 aliphatic carbocycles. The normalized spacial score (nSPS) is 20.7. The molecule has 1 fully saturated rings. The zero-order valence-corrected chi connectivity index (χ0v) is 20.3. The summed E-state index contributed by atoms with van der Waals surface area (Å²) in [7, 11) is 1.62. The third-order valence-electron chi connectivity index (χ3n) is 6.33. The third-order valence-corrected chi connectivity index (χ3v) is 6.68. The molecule has 2 atom stereocenters. The van der Waals surface area contributed by atoms with Crippen LogP contribution in [0.25, 0.3) is 0 Å². The van der Waals surface area contributed by atoms with Crippen LogP contribution in [0.5, 0.6) is 5.75 Å². The maximum atomic E-state index is 13.5. The van der Waals surface area contributed by atoms with Crippen molar-refractivity contribution in [1.29, 1.82) is 0 Å². The van der Waals surface area contributed by atoms with Gasteiger partial charge in [-0.05, 0) is 50.1 Å². The minimum atomic E-state index is -0.313. The molecule has 2 aliphatic heterocycles. The van der Waals surface area contributed by atoms with Crippen molar-refractivity contribution in [2.24, 2.45) is 11.0 Å². The Kier molecular flexibility index (Phi) is 7.85. The molecule has 0 radical (unpaired) electrons. The highest BCUT2D eigenvalue weighted by Crippen LogP contribution is 2.38. The van der Waals surface area contributed by atoms with E-state index < -0.39 is 0 Å². The number of likely N-dealkylation sites (tertiary alicyclic amines) is 1. The lowest BCUT2D eigenvalue weighted by atomic mass is 9.97. The van der Waals surface area contributed by atoms with Crippen LogP contribution in [-0.4, -0.2) is 60.8 Å². The van der Waals surface area contributed by atoms with Gasteiger partial charge in [-0.2, -0.15) is 5.10 Å². The maximum Gasteiger partial charge on any atom is 0.310 e. The first-order valence-corrected chi connectivity index (χ1v) is 12.1. The van der Waals surface area contributed by atoms with Crippen molar-refractivity contribution in [3.63, 3.8) is 0 Å². The fourth-order valence-corrected chi connectivity index (χ4v) is 4.95. The van der Waals surface area contributed by atoms with Gasteiger partial charge in [-0.1, -0.05) is 41.9 Å². The predicted octanol–water partition coefficient (Wildman–Crippen LogP) is 4.30. The molecule has 0 unspecified atom stereocenters. The van der Waals surface area contributed by atoms with E-state index in [1.54, 1.807) is 12.1 Å². The zero-order valence-electron chi connectivity index (χ0n) is 19.6. The average Bonchev–Trinajstić information content (AvgIpc) is 3.30. The van der Waals surface area contributed by atoms with Crippen LogP contribution in [0, 0.1) is 5.92 Å². The van der Waals surface area contributed by atoms with Crippen molar-refractivity contribution in [2.75, 3.05) is 33.4 Å². The summed E-state index contributed by atoms with van der Waals surface area (Å²) in [5.41, 5.74) is 2.49. The number of halogens is 1. The molecule has 2 aliphatic rings. The number of carbonyl (C=O) groups is 2. The number of hydrogen-bond donors (Lipinski definition) is 0. The molecule has 0 spiro atoms. The number of amides is 1. The summed E-state index contributed by atoms with van der Waals surface area (Å²) in [6.45, 7) is 3.62. The number of hydrogen-bond acceptors (Lipinski definition) is 6. The van der Waals surface area contributed by atoms with Crippen LogP contribution in [0.4, 0.5) is 0 Å². The van der Waals surface area contributed by atoms with Gasteiger partial charge in [0.1, 0.15) is 5.75 Å². The maximum absolute atomic E-state index is 13.5. The molecule has 1 amide bonds. The Hall–Kier alpha value is -2.90. The predicted molar refractivity (Wildman–Crippen MR) is 131 cm³/mol. The third kappa shape index (κ3) is 5.26. The molecule has 1 saturated heterocycles. The van der Waals surface area contributed by atoms with E-state index in [0.29, 0.717) is 30.3 Å². The van der Waals surface area contributed by atoms with E-state index in [4.69, 9.17) is 26.2 Å². The van der Waals surface area contributed by atoms with Gasteiger partial charge in [0.25, 0.3) is 5.91 Å². The summed E-state index contributed by atoms with van der Waals surface area (Å²) in [5.74, 6) is 0.194. The molecule has 0 saturated carbocycles. The number of methoxy groups -OCH3 is 1. The van der Waals surface area contributed by atoms with Crippen LogP contribution in [-0.2, 0) is 14.3 Å². The van der Waals surface area contributed by atoms with E-state index >= 15 is 0 Å². The number of hydrazone groups is 1. The van der Waals surface area contributed by atoms with Crippen LogP contribution in [0.2, 0.25) is 5.02 Å². The van der Waals surface area contributed by atoms with Crippen molar-refractivity contribution >= 4 is 29.2 Å². The molecule has 0 aromatic heterocycles. The Balaban J connectivity index is 1.58. The molecule has 8 heteroatoms. The van der Waals surface area contributed by atoms with Crippen molar-refractivity contribution in [3.05, 3.63) is 64.7 Å². The molecule has 0 bridgehead atoms. The van der Waals surface area contributed by atoms with Gasteiger partial charge in [-0.3, -0.25) is 14.5 Å². The van der Waals surface area contributed by atoms with Gasteiger partial charge in [-0.15, -0.1) is 0 Å². The van der Waals surface area contributed by atoms with E-state index in [-0.39, 0.29) is 30.4 Å². The number of nitrogens with zero attached hydrogens (tertiary/aromatic N) is 3. The highest BCUT2D eigenvalue weighted by atomic mass is 35.5. The van der Waals surface area contributed by atoms with Crippen LogP contribution in [0.3, 0.4) is 0 Å². The van der Waals surface area contributed by atoms with E-state index in [1.165, 1.54) is 0 Å². The molecule has 2 aromatic rings. The molecule has 2 heterocycles. The number of carbonyl (C=O) groups excluding carboxylic acids is 2. The van der Waals surface area contributed by atoms with Gasteiger partial charge in [0.05, 0.1) is 37.9 Å². The Morgan fingerprint density at radius 3 is 2.68 bits per heavy atom. The minimum Gasteiger partial charge on any atom is -0.496 e. The second-order valence-corrected chi connectivity index (χ2v) is 8.96. The van der Waals surface area contributed by atoms with Crippen molar-refractivity contribution in [2.45, 2.75) is 32.2 Å². The van der Waals surface area contributed by atoms with Gasteiger partial charge in [-0.25, -0.2) is 5.01 Å². The summed E-state index contributed by atoms with van der Waals surface area (Å²) in [5, 5.41) is 6.91. The molecule has 0 N–H and O–H groups in total. The first-order chi connectivity index (χ1) is 16.5. The van der Waals surface area contributed by atoms with Crippen LogP contribution in [0.15, 0.2) is 53.6 Å². The van der Waals surface area contributed by atoms with Crippen molar-refractivity contribution in [1.82, 2.24) is 9.91 Å². The lowest BCUT2D eigenvalue weighted by molar-refractivity contribution is -0.150. The first kappa shape index (κ1) is 24.2. The standard InChI is InChI=1S/C26H30ClN3O4/c1-3-34-26(32)18-9-8-14-29(16-18)17-25(31)30-23(19-10-4-6-12-21(19)27)15-22(28-30)20-11-5-7-13-24(20)33-2/h4-7,10-13,18,23H,3,8-9,14-17H2,1-2H3/t18-,23-/m0/s1. The Bertz CT molecular complexity index is 1070. The number of rotatable bonds is 7. The van der Waals surface area contributed by atoms with Crippen LogP contribution >= 0.6 is 11.6 Å². The molecular formula is C26H30ClN3O4. The lowest BCUT2D eigenvalue weighted by Crippen LogP contribution is -2.44. The second-order valence-electron chi connectivity index (χ2n) is 8.55. The average molecular weight is 484 g/mol. The van der Waals surface area contributed by atoms with Gasteiger partial charge < -0.3 is 9.47 Å². The first-order valence-electron chi connectivity index (χ1n) is 11.7. The summed E-state index contributed by atoms with van der Waals surface area (Å²) in [4.78, 5) is 27.8. The summed E-state index contributed by atoms with van der Waals surface area (Å²) >= 11 is 6.53.